The van der Waals surface area contributed by atoms with Crippen LogP contribution >= 0.6 is 0 Å². The van der Waals surface area contributed by atoms with E-state index in [0.717, 1.165) is 22.6 Å². The van der Waals surface area contributed by atoms with Gasteiger partial charge in [-0.15, -0.1) is 0 Å². The molecule has 2 amide bonds. The molecule has 1 N–H and O–H groups in total. The van der Waals surface area contributed by atoms with Crippen LogP contribution in [0.1, 0.15) is 66.3 Å². The zero-order valence-corrected chi connectivity index (χ0v) is 19.8. The first-order valence-electron chi connectivity index (χ1n) is 11.5. The van der Waals surface area contributed by atoms with Crippen molar-refractivity contribution in [3.63, 3.8) is 0 Å². The maximum atomic E-state index is 13.8. The molecule has 7 heteroatoms. The van der Waals surface area contributed by atoms with Crippen LogP contribution in [0.15, 0.2) is 48.3 Å². The van der Waals surface area contributed by atoms with Gasteiger partial charge in [-0.1, -0.05) is 23.8 Å². The van der Waals surface area contributed by atoms with E-state index in [-0.39, 0.29) is 35.5 Å². The SMILES string of the molecule is CCN1C(=O)[C@@H](NC(=O)c2cccc(C)c2)[C@@H](C2C=CC(F)=CC2)c2c(C)nn(C(C)C)c21. The second-order valence-electron chi connectivity index (χ2n) is 9.14. The monoisotopic (exact) mass is 450 g/mol. The van der Waals surface area contributed by atoms with E-state index in [1.807, 2.05) is 57.5 Å². The number of hydrogen-bond donors (Lipinski definition) is 1. The highest BCUT2D eigenvalue weighted by Gasteiger charge is 2.47. The van der Waals surface area contributed by atoms with Gasteiger partial charge in [-0.2, -0.15) is 5.10 Å². The van der Waals surface area contributed by atoms with E-state index in [1.165, 1.54) is 6.08 Å². The lowest BCUT2D eigenvalue weighted by molar-refractivity contribution is -0.121. The molecule has 2 aliphatic rings. The number of hydrogen-bond acceptors (Lipinski definition) is 3. The quantitative estimate of drug-likeness (QED) is 0.714. The number of aromatic nitrogens is 2. The van der Waals surface area contributed by atoms with Crippen LogP contribution in [0.4, 0.5) is 10.2 Å². The molecule has 1 aromatic carbocycles. The first kappa shape index (κ1) is 23.0. The molecule has 1 aromatic heterocycles. The molecule has 2 heterocycles. The number of carbonyl (C=O) groups is 2. The molecule has 1 aliphatic carbocycles. The van der Waals surface area contributed by atoms with Gasteiger partial charge in [0.2, 0.25) is 0 Å². The molecular formula is C26H31FN4O2. The van der Waals surface area contributed by atoms with Gasteiger partial charge < -0.3 is 5.32 Å². The average Bonchev–Trinajstić information content (AvgIpc) is 3.12. The summed E-state index contributed by atoms with van der Waals surface area (Å²) < 4.78 is 15.7. The molecule has 0 radical (unpaired) electrons. The van der Waals surface area contributed by atoms with Crippen molar-refractivity contribution in [3.8, 4) is 0 Å². The second-order valence-corrected chi connectivity index (χ2v) is 9.14. The second kappa shape index (κ2) is 8.96. The maximum absolute atomic E-state index is 13.8. The number of benzene rings is 1. The number of halogens is 1. The molecule has 0 saturated carbocycles. The van der Waals surface area contributed by atoms with Crippen molar-refractivity contribution in [1.29, 1.82) is 0 Å². The summed E-state index contributed by atoms with van der Waals surface area (Å²) >= 11 is 0. The summed E-state index contributed by atoms with van der Waals surface area (Å²) in [4.78, 5) is 28.7. The molecule has 0 spiro atoms. The number of aryl methyl sites for hydroxylation is 2. The van der Waals surface area contributed by atoms with Gasteiger partial charge in [0.25, 0.3) is 11.8 Å². The van der Waals surface area contributed by atoms with Gasteiger partial charge >= 0.3 is 0 Å². The fraction of sp³-hybridized carbons (Fsp3) is 0.423. The third kappa shape index (κ3) is 4.12. The average molecular weight is 451 g/mol. The highest BCUT2D eigenvalue weighted by Crippen LogP contribution is 2.45. The molecule has 4 rings (SSSR count). The van der Waals surface area contributed by atoms with Crippen molar-refractivity contribution < 1.29 is 14.0 Å². The Balaban J connectivity index is 1.82. The predicted molar refractivity (Wildman–Crippen MR) is 127 cm³/mol. The van der Waals surface area contributed by atoms with Gasteiger partial charge in [-0.05, 0) is 71.2 Å². The third-order valence-electron chi connectivity index (χ3n) is 6.51. The summed E-state index contributed by atoms with van der Waals surface area (Å²) in [6, 6.07) is 6.59. The zero-order valence-electron chi connectivity index (χ0n) is 19.8. The summed E-state index contributed by atoms with van der Waals surface area (Å²) in [5.41, 5.74) is 3.25. The highest BCUT2D eigenvalue weighted by atomic mass is 19.1. The number of anilines is 1. The van der Waals surface area contributed by atoms with Crippen molar-refractivity contribution in [3.05, 3.63) is 70.7 Å². The molecule has 0 saturated heterocycles. The van der Waals surface area contributed by atoms with Crippen LogP contribution in [0, 0.1) is 19.8 Å². The summed E-state index contributed by atoms with van der Waals surface area (Å²) in [5, 5.41) is 7.79. The number of likely N-dealkylation sites (N-methyl/N-ethyl adjacent to an activating group) is 1. The lowest BCUT2D eigenvalue weighted by atomic mass is 9.74. The van der Waals surface area contributed by atoms with Crippen molar-refractivity contribution in [2.45, 2.75) is 59.0 Å². The van der Waals surface area contributed by atoms with Gasteiger partial charge in [-0.3, -0.25) is 14.5 Å². The number of amides is 2. The minimum Gasteiger partial charge on any atom is -0.340 e. The van der Waals surface area contributed by atoms with Gasteiger partial charge in [0.05, 0.1) is 5.69 Å². The van der Waals surface area contributed by atoms with Crippen LogP contribution in [-0.2, 0) is 4.79 Å². The van der Waals surface area contributed by atoms with Crippen molar-refractivity contribution in [2.75, 3.05) is 11.4 Å². The Labute approximate surface area is 194 Å². The topological polar surface area (TPSA) is 67.2 Å². The summed E-state index contributed by atoms with van der Waals surface area (Å²) in [7, 11) is 0. The van der Waals surface area contributed by atoms with Gasteiger partial charge in [0, 0.05) is 29.6 Å². The van der Waals surface area contributed by atoms with Crippen LogP contribution in [0.3, 0.4) is 0 Å². The lowest BCUT2D eigenvalue weighted by Crippen LogP contribution is -2.56. The van der Waals surface area contributed by atoms with Gasteiger partial charge in [0.15, 0.2) is 0 Å². The van der Waals surface area contributed by atoms with Crippen molar-refractivity contribution >= 4 is 17.6 Å². The predicted octanol–water partition coefficient (Wildman–Crippen LogP) is 4.76. The Morgan fingerprint density at radius 1 is 1.30 bits per heavy atom. The Morgan fingerprint density at radius 2 is 2.06 bits per heavy atom. The van der Waals surface area contributed by atoms with Crippen molar-refractivity contribution in [1.82, 2.24) is 15.1 Å². The largest absolute Gasteiger partial charge is 0.340 e. The normalized spacial score (nSPS) is 22.4. The van der Waals surface area contributed by atoms with Gasteiger partial charge in [-0.25, -0.2) is 9.07 Å². The maximum Gasteiger partial charge on any atom is 0.251 e. The number of rotatable bonds is 5. The number of fused-ring (bicyclic) bond motifs is 1. The standard InChI is InChI=1S/C26H31FN4O2/c1-6-30-25-21(17(5)29-31(25)15(2)3)22(18-10-12-20(27)13-11-18)23(26(30)33)28-24(32)19-9-7-8-16(4)14-19/h7-10,12-15,18,22-23H,6,11H2,1-5H3,(H,28,32)/t18?,22-,23-/m0/s1. The smallest absolute Gasteiger partial charge is 0.251 e. The Morgan fingerprint density at radius 3 is 2.67 bits per heavy atom. The molecule has 1 unspecified atom stereocenters. The first-order valence-corrected chi connectivity index (χ1v) is 11.5. The highest BCUT2D eigenvalue weighted by molar-refractivity contribution is 6.05. The lowest BCUT2D eigenvalue weighted by Gasteiger charge is -2.41. The number of allylic oxidation sites excluding steroid dienone is 4. The Hall–Kier alpha value is -3.22. The molecule has 174 valence electrons. The molecule has 6 nitrogen and oxygen atoms in total. The fourth-order valence-corrected chi connectivity index (χ4v) is 4.97. The van der Waals surface area contributed by atoms with E-state index < -0.39 is 6.04 Å². The molecule has 1 aliphatic heterocycles. The van der Waals surface area contributed by atoms with E-state index >= 15 is 0 Å². The zero-order chi connectivity index (χ0) is 23.9. The number of carbonyl (C=O) groups excluding carboxylic acids is 2. The van der Waals surface area contributed by atoms with Crippen LogP contribution < -0.4 is 10.2 Å². The van der Waals surface area contributed by atoms with E-state index in [0.29, 0.717) is 18.5 Å². The van der Waals surface area contributed by atoms with Crippen LogP contribution in [0.5, 0.6) is 0 Å². The molecule has 3 atom stereocenters. The fourth-order valence-electron chi connectivity index (χ4n) is 4.97. The minimum absolute atomic E-state index is 0.0626. The summed E-state index contributed by atoms with van der Waals surface area (Å²) in [5.74, 6) is -0.448. The van der Waals surface area contributed by atoms with Crippen LogP contribution in [0.2, 0.25) is 0 Å². The van der Waals surface area contributed by atoms with E-state index in [1.54, 1.807) is 23.1 Å². The summed E-state index contributed by atoms with van der Waals surface area (Å²) in [6.07, 6.45) is 5.26. The molecular weight excluding hydrogens is 419 g/mol. The van der Waals surface area contributed by atoms with E-state index in [2.05, 4.69) is 5.32 Å². The Kier molecular flexibility index (Phi) is 6.23. The summed E-state index contributed by atoms with van der Waals surface area (Å²) in [6.45, 7) is 10.3. The van der Waals surface area contributed by atoms with Crippen molar-refractivity contribution in [2.24, 2.45) is 5.92 Å². The molecule has 2 aromatic rings. The first-order chi connectivity index (χ1) is 15.7. The van der Waals surface area contributed by atoms with Crippen LogP contribution in [-0.4, -0.2) is 34.2 Å². The Bertz CT molecular complexity index is 1150. The molecule has 0 bridgehead atoms. The van der Waals surface area contributed by atoms with E-state index in [9.17, 15) is 14.0 Å². The third-order valence-corrected chi connectivity index (χ3v) is 6.51. The number of nitrogens with zero attached hydrogens (tertiary/aromatic N) is 3. The molecule has 0 fully saturated rings. The van der Waals surface area contributed by atoms with Crippen LogP contribution in [0.25, 0.3) is 0 Å². The minimum atomic E-state index is -0.779. The van der Waals surface area contributed by atoms with E-state index in [4.69, 9.17) is 5.10 Å². The molecule has 33 heavy (non-hydrogen) atoms. The number of nitrogens with one attached hydrogen (secondary N) is 1. The van der Waals surface area contributed by atoms with Gasteiger partial charge in [0.1, 0.15) is 17.7 Å².